The van der Waals surface area contributed by atoms with Crippen molar-refractivity contribution in [2.75, 3.05) is 13.7 Å². The van der Waals surface area contributed by atoms with Gasteiger partial charge in [-0.05, 0) is 43.1 Å². The van der Waals surface area contributed by atoms with Crippen molar-refractivity contribution in [3.8, 4) is 11.8 Å². The van der Waals surface area contributed by atoms with E-state index in [1.54, 1.807) is 7.05 Å². The molecule has 0 bridgehead atoms. The molecule has 18 heavy (non-hydrogen) atoms. The fraction of sp³-hybridized carbons (Fsp3) is 0.533. The Labute approximate surface area is 110 Å². The minimum atomic E-state index is -0.138. The summed E-state index contributed by atoms with van der Waals surface area (Å²) in [5.74, 6) is 1.41. The van der Waals surface area contributed by atoms with E-state index in [1.165, 1.54) is 11.1 Å². The second kappa shape index (κ2) is 7.03. The van der Waals surface area contributed by atoms with Gasteiger partial charge >= 0.3 is 0 Å². The number of nitriles is 1. The van der Waals surface area contributed by atoms with Gasteiger partial charge in [0.1, 0.15) is 5.75 Å². The van der Waals surface area contributed by atoms with E-state index < -0.39 is 0 Å². The maximum Gasteiger partial charge on any atom is 0.119 e. The van der Waals surface area contributed by atoms with Gasteiger partial charge in [0.15, 0.2) is 0 Å². The molecule has 0 amide bonds. The Morgan fingerprint density at radius 2 is 2.11 bits per heavy atom. The average Bonchev–Trinajstić information content (AvgIpc) is 2.34. The van der Waals surface area contributed by atoms with Gasteiger partial charge in [-0.3, -0.25) is 0 Å². The Morgan fingerprint density at radius 1 is 1.39 bits per heavy atom. The predicted molar refractivity (Wildman–Crippen MR) is 73.8 cm³/mol. The first-order chi connectivity index (χ1) is 8.58. The van der Waals surface area contributed by atoms with Gasteiger partial charge in [0.05, 0.1) is 18.7 Å². The van der Waals surface area contributed by atoms with Crippen LogP contribution >= 0.6 is 0 Å². The second-order valence-corrected chi connectivity index (χ2v) is 4.78. The van der Waals surface area contributed by atoms with Crippen LogP contribution in [-0.2, 0) is 0 Å². The van der Waals surface area contributed by atoms with Crippen LogP contribution in [0.25, 0.3) is 0 Å². The lowest BCUT2D eigenvalue weighted by Gasteiger charge is -2.13. The molecule has 0 aliphatic carbocycles. The SMILES string of the molecule is CNC(C#N)CCOc1ccc(C(C)C)c(C)c1. The molecule has 98 valence electrons. The van der Waals surface area contributed by atoms with E-state index in [1.807, 2.05) is 6.07 Å². The number of hydrogen-bond donors (Lipinski definition) is 1. The van der Waals surface area contributed by atoms with E-state index in [-0.39, 0.29) is 6.04 Å². The highest BCUT2D eigenvalue weighted by molar-refractivity contribution is 5.36. The fourth-order valence-corrected chi connectivity index (χ4v) is 1.95. The molecule has 0 aromatic heterocycles. The summed E-state index contributed by atoms with van der Waals surface area (Å²) in [6.45, 7) is 7.04. The van der Waals surface area contributed by atoms with Gasteiger partial charge in [0.25, 0.3) is 0 Å². The van der Waals surface area contributed by atoms with E-state index in [0.717, 1.165) is 5.75 Å². The molecule has 1 rings (SSSR count). The first-order valence-corrected chi connectivity index (χ1v) is 6.38. The predicted octanol–water partition coefficient (Wildman–Crippen LogP) is 3.00. The van der Waals surface area contributed by atoms with Gasteiger partial charge in [0.2, 0.25) is 0 Å². The highest BCUT2D eigenvalue weighted by Crippen LogP contribution is 2.23. The molecule has 3 heteroatoms. The molecule has 0 spiro atoms. The standard InChI is InChI=1S/C15H22N2O/c1-11(2)15-6-5-14(9-12(15)3)18-8-7-13(10-16)17-4/h5-6,9,11,13,17H,7-8H2,1-4H3. The molecule has 3 nitrogen and oxygen atoms in total. The van der Waals surface area contributed by atoms with Crippen LogP contribution in [0.4, 0.5) is 0 Å². The molecule has 1 atom stereocenters. The Kier molecular flexibility index (Phi) is 5.67. The van der Waals surface area contributed by atoms with Crippen molar-refractivity contribution in [2.45, 2.75) is 39.2 Å². The number of aryl methyl sites for hydroxylation is 1. The molecule has 0 saturated carbocycles. The first-order valence-electron chi connectivity index (χ1n) is 6.38. The van der Waals surface area contributed by atoms with Crippen LogP contribution in [0.1, 0.15) is 37.3 Å². The van der Waals surface area contributed by atoms with E-state index in [9.17, 15) is 0 Å². The van der Waals surface area contributed by atoms with Gasteiger partial charge in [0, 0.05) is 6.42 Å². The van der Waals surface area contributed by atoms with Crippen LogP contribution in [0.15, 0.2) is 18.2 Å². The summed E-state index contributed by atoms with van der Waals surface area (Å²) < 4.78 is 5.66. The van der Waals surface area contributed by atoms with Crippen molar-refractivity contribution in [1.82, 2.24) is 5.32 Å². The lowest BCUT2D eigenvalue weighted by atomic mass is 9.98. The third kappa shape index (κ3) is 4.05. The summed E-state index contributed by atoms with van der Waals surface area (Å²) >= 11 is 0. The van der Waals surface area contributed by atoms with Crippen molar-refractivity contribution >= 4 is 0 Å². The van der Waals surface area contributed by atoms with E-state index in [4.69, 9.17) is 10.00 Å². The minimum absolute atomic E-state index is 0.138. The van der Waals surface area contributed by atoms with E-state index in [0.29, 0.717) is 18.9 Å². The number of nitrogens with one attached hydrogen (secondary N) is 1. The summed E-state index contributed by atoms with van der Waals surface area (Å²) in [6, 6.07) is 8.23. The zero-order chi connectivity index (χ0) is 13.5. The van der Waals surface area contributed by atoms with Crippen LogP contribution in [0, 0.1) is 18.3 Å². The van der Waals surface area contributed by atoms with Crippen molar-refractivity contribution in [1.29, 1.82) is 5.26 Å². The Balaban J connectivity index is 2.54. The van der Waals surface area contributed by atoms with E-state index >= 15 is 0 Å². The summed E-state index contributed by atoms with van der Waals surface area (Å²) in [4.78, 5) is 0. The number of nitrogens with zero attached hydrogens (tertiary/aromatic N) is 1. The Morgan fingerprint density at radius 3 is 2.61 bits per heavy atom. The summed E-state index contributed by atoms with van der Waals surface area (Å²) in [5, 5.41) is 11.7. The topological polar surface area (TPSA) is 45.0 Å². The highest BCUT2D eigenvalue weighted by Gasteiger charge is 2.06. The molecule has 1 aromatic rings. The Hall–Kier alpha value is -1.53. The molecular weight excluding hydrogens is 224 g/mol. The smallest absolute Gasteiger partial charge is 0.119 e. The summed E-state index contributed by atoms with van der Waals surface area (Å²) in [7, 11) is 1.79. The van der Waals surface area contributed by atoms with Gasteiger partial charge in [-0.1, -0.05) is 19.9 Å². The molecule has 1 unspecified atom stereocenters. The van der Waals surface area contributed by atoms with Crippen molar-refractivity contribution in [3.05, 3.63) is 29.3 Å². The number of rotatable bonds is 6. The number of benzene rings is 1. The van der Waals surface area contributed by atoms with Crippen molar-refractivity contribution < 1.29 is 4.74 Å². The third-order valence-corrected chi connectivity index (χ3v) is 3.04. The van der Waals surface area contributed by atoms with Gasteiger partial charge in [-0.15, -0.1) is 0 Å². The molecule has 0 heterocycles. The molecule has 1 aromatic carbocycles. The maximum atomic E-state index is 8.80. The molecule has 1 N–H and O–H groups in total. The van der Waals surface area contributed by atoms with Crippen molar-refractivity contribution in [3.63, 3.8) is 0 Å². The lowest BCUT2D eigenvalue weighted by Crippen LogP contribution is -2.25. The second-order valence-electron chi connectivity index (χ2n) is 4.78. The zero-order valence-electron chi connectivity index (χ0n) is 11.7. The lowest BCUT2D eigenvalue weighted by molar-refractivity contribution is 0.300. The molecule has 0 saturated heterocycles. The maximum absolute atomic E-state index is 8.80. The van der Waals surface area contributed by atoms with Crippen LogP contribution in [0.3, 0.4) is 0 Å². The first kappa shape index (κ1) is 14.5. The summed E-state index contributed by atoms with van der Waals surface area (Å²) in [5.41, 5.74) is 2.61. The molecule has 0 fully saturated rings. The molecule has 0 aliphatic heterocycles. The molecular formula is C15H22N2O. The molecule has 0 radical (unpaired) electrons. The minimum Gasteiger partial charge on any atom is -0.493 e. The van der Waals surface area contributed by atoms with Crippen LogP contribution in [-0.4, -0.2) is 19.7 Å². The normalized spacial score (nSPS) is 12.2. The quantitative estimate of drug-likeness (QED) is 0.839. The van der Waals surface area contributed by atoms with Crippen LogP contribution < -0.4 is 10.1 Å². The van der Waals surface area contributed by atoms with Gasteiger partial charge in [-0.25, -0.2) is 0 Å². The fourth-order valence-electron chi connectivity index (χ4n) is 1.95. The van der Waals surface area contributed by atoms with Crippen LogP contribution in [0.5, 0.6) is 5.75 Å². The van der Waals surface area contributed by atoms with Crippen LogP contribution in [0.2, 0.25) is 0 Å². The van der Waals surface area contributed by atoms with Crippen molar-refractivity contribution in [2.24, 2.45) is 0 Å². The number of ether oxygens (including phenoxy) is 1. The van der Waals surface area contributed by atoms with E-state index in [2.05, 4.69) is 44.3 Å². The van der Waals surface area contributed by atoms with Gasteiger partial charge < -0.3 is 10.1 Å². The average molecular weight is 246 g/mol. The zero-order valence-corrected chi connectivity index (χ0v) is 11.7. The largest absolute Gasteiger partial charge is 0.493 e. The molecule has 0 aliphatic rings. The third-order valence-electron chi connectivity index (χ3n) is 3.04. The highest BCUT2D eigenvalue weighted by atomic mass is 16.5. The Bertz CT molecular complexity index is 421. The monoisotopic (exact) mass is 246 g/mol. The van der Waals surface area contributed by atoms with Gasteiger partial charge in [-0.2, -0.15) is 5.26 Å². The number of hydrogen-bond acceptors (Lipinski definition) is 3. The summed E-state index contributed by atoms with van der Waals surface area (Å²) in [6.07, 6.45) is 0.692.